The molecular weight excluding hydrogens is 440 g/mol. The fraction of sp³-hybridized carbons (Fsp3) is 0.333. The molecule has 1 aliphatic rings. The van der Waals surface area contributed by atoms with Crippen molar-refractivity contribution in [2.45, 2.75) is 12.4 Å². The van der Waals surface area contributed by atoms with Crippen molar-refractivity contribution >= 4 is 36.1 Å². The Morgan fingerprint density at radius 3 is 1.61 bits per heavy atom. The molecule has 0 amide bonds. The van der Waals surface area contributed by atoms with E-state index in [2.05, 4.69) is 15.8 Å². The van der Waals surface area contributed by atoms with Crippen LogP contribution in [0.15, 0.2) is 36.6 Å². The molecule has 0 N–H and O–H groups in total. The maximum absolute atomic E-state index is 12.2. The summed E-state index contributed by atoms with van der Waals surface area (Å²) in [4.78, 5) is 0. The van der Waals surface area contributed by atoms with E-state index in [-0.39, 0.29) is 0 Å². The van der Waals surface area contributed by atoms with Gasteiger partial charge in [-0.15, -0.1) is 0 Å². The van der Waals surface area contributed by atoms with Crippen molar-refractivity contribution in [2.24, 2.45) is 6.30 Å². The third kappa shape index (κ3) is 5.93. The van der Waals surface area contributed by atoms with Crippen LogP contribution in [0.1, 0.15) is 0 Å². The van der Waals surface area contributed by atoms with Gasteiger partial charge in [-0.05, 0) is 0 Å². The summed E-state index contributed by atoms with van der Waals surface area (Å²) >= 11 is -3.02. The third-order valence-corrected chi connectivity index (χ3v) is 6.57. The molecule has 0 spiro atoms. The van der Waals surface area contributed by atoms with Crippen LogP contribution in [-0.2, 0) is 9.47 Å². The maximum atomic E-state index is 12.2. The molecule has 0 saturated heterocycles. The molecule has 4 nitrogen and oxygen atoms in total. The van der Waals surface area contributed by atoms with Crippen molar-refractivity contribution in [3.63, 3.8) is 0 Å². The Bertz CT molecular complexity index is 566. The van der Waals surface area contributed by atoms with E-state index < -0.39 is 58.1 Å². The van der Waals surface area contributed by atoms with Gasteiger partial charge in [-0.2, -0.15) is 0 Å². The summed E-state index contributed by atoms with van der Waals surface area (Å²) in [5.41, 5.74) is 0. The van der Waals surface area contributed by atoms with E-state index in [1.807, 2.05) is 0 Å². The molecule has 0 fully saturated rings. The second-order valence-corrected chi connectivity index (χ2v) is 8.51. The summed E-state index contributed by atoms with van der Waals surface area (Å²) in [6.07, 6.45) is -9.29. The second-order valence-electron chi connectivity index (χ2n) is 4.24. The van der Waals surface area contributed by atoms with Crippen molar-refractivity contribution in [3.05, 3.63) is 30.3 Å². The number of hydrogen-bond acceptors (Lipinski definition) is 4. The van der Waals surface area contributed by atoms with Gasteiger partial charge in [-0.25, -0.2) is 0 Å². The Morgan fingerprint density at radius 1 is 0.783 bits per heavy atom. The van der Waals surface area contributed by atoms with Crippen molar-refractivity contribution in [2.75, 3.05) is 13.2 Å². The molecule has 1 heterocycles. The van der Waals surface area contributed by atoms with Gasteiger partial charge >= 0.3 is 134 Å². The molecule has 11 heteroatoms. The SMILES string of the molecule is FC(F)(F)COC1=[N][Sb]([c]2ccccc2)[N]=C1OCC(F)(F)F. The molecule has 2 rings (SSSR count). The van der Waals surface area contributed by atoms with Crippen LogP contribution < -0.4 is 3.51 Å². The first-order valence-electron chi connectivity index (χ1n) is 6.06. The third-order valence-electron chi connectivity index (χ3n) is 2.29. The van der Waals surface area contributed by atoms with Gasteiger partial charge in [-0.1, -0.05) is 0 Å². The van der Waals surface area contributed by atoms with Gasteiger partial charge < -0.3 is 0 Å². The average Bonchev–Trinajstić information content (AvgIpc) is 2.86. The molecule has 0 bridgehead atoms. The number of hydrogen-bond donors (Lipinski definition) is 0. The van der Waals surface area contributed by atoms with E-state index in [0.29, 0.717) is 3.51 Å². The molecule has 0 radical (unpaired) electrons. The predicted octanol–water partition coefficient (Wildman–Crippen LogP) is 2.35. The predicted molar refractivity (Wildman–Crippen MR) is 70.7 cm³/mol. The molecule has 1 aliphatic heterocycles. The van der Waals surface area contributed by atoms with Crippen LogP contribution in [0.2, 0.25) is 0 Å². The summed E-state index contributed by atoms with van der Waals surface area (Å²) in [5, 5.41) is 0. The van der Waals surface area contributed by atoms with Gasteiger partial charge in [0, 0.05) is 0 Å². The minimum absolute atomic E-state index is 0.626. The van der Waals surface area contributed by atoms with Crippen molar-refractivity contribution in [3.8, 4) is 0 Å². The van der Waals surface area contributed by atoms with Crippen LogP contribution in [0.4, 0.5) is 26.3 Å². The van der Waals surface area contributed by atoms with Gasteiger partial charge in [0.1, 0.15) is 0 Å². The molecule has 126 valence electrons. The molecule has 0 unspecified atom stereocenters. The number of nitrogens with zero attached hydrogens (tertiary/aromatic N) is 2. The van der Waals surface area contributed by atoms with E-state index in [1.165, 1.54) is 0 Å². The molecule has 0 aromatic heterocycles. The van der Waals surface area contributed by atoms with Gasteiger partial charge in [0.15, 0.2) is 0 Å². The first-order valence-corrected chi connectivity index (χ1v) is 9.62. The van der Waals surface area contributed by atoms with Crippen LogP contribution in [0.3, 0.4) is 0 Å². The summed E-state index contributed by atoms with van der Waals surface area (Å²) in [6, 6.07) is 8.38. The molecule has 0 aliphatic carbocycles. The van der Waals surface area contributed by atoms with Crippen LogP contribution in [0.5, 0.6) is 0 Å². The van der Waals surface area contributed by atoms with Crippen LogP contribution in [0, 0.1) is 0 Å². The normalized spacial score (nSPS) is 16.1. The molecule has 1 aromatic rings. The van der Waals surface area contributed by atoms with E-state index in [1.54, 1.807) is 30.3 Å². The monoisotopic (exact) mass is 448 g/mol. The molecular formula is C12H9F6N2O2Sb. The minimum atomic E-state index is -4.64. The zero-order valence-corrected chi connectivity index (χ0v) is 13.8. The summed E-state index contributed by atoms with van der Waals surface area (Å²) in [6.45, 7) is -3.35. The summed E-state index contributed by atoms with van der Waals surface area (Å²) in [7, 11) is 0. The Kier molecular flexibility index (Phi) is 5.44. The molecule has 0 atom stereocenters. The Hall–Kier alpha value is -1.44. The Morgan fingerprint density at radius 2 is 1.22 bits per heavy atom. The Labute approximate surface area is 134 Å². The second kappa shape index (κ2) is 6.98. The zero-order chi connectivity index (χ0) is 17.1. The molecule has 23 heavy (non-hydrogen) atoms. The average molecular weight is 449 g/mol. The van der Waals surface area contributed by atoms with Gasteiger partial charge in [0.05, 0.1) is 0 Å². The molecule has 0 saturated carbocycles. The van der Waals surface area contributed by atoms with Gasteiger partial charge in [0.2, 0.25) is 0 Å². The van der Waals surface area contributed by atoms with Gasteiger partial charge in [0.25, 0.3) is 0 Å². The van der Waals surface area contributed by atoms with E-state index in [4.69, 9.17) is 0 Å². The quantitative estimate of drug-likeness (QED) is 0.526. The zero-order valence-electron chi connectivity index (χ0n) is 11.2. The first-order chi connectivity index (χ1) is 10.6. The van der Waals surface area contributed by atoms with Crippen LogP contribution >= 0.6 is 0 Å². The fourth-order valence-electron chi connectivity index (χ4n) is 1.44. The number of benzene rings is 1. The number of rotatable bonds is 3. The van der Waals surface area contributed by atoms with Crippen molar-refractivity contribution in [1.29, 1.82) is 0 Å². The summed E-state index contributed by atoms with van der Waals surface area (Å²) < 4.78 is 90.6. The van der Waals surface area contributed by atoms with Crippen LogP contribution in [-0.4, -0.2) is 58.1 Å². The van der Waals surface area contributed by atoms with E-state index in [9.17, 15) is 26.3 Å². The van der Waals surface area contributed by atoms with E-state index in [0.717, 1.165) is 0 Å². The van der Waals surface area contributed by atoms with Gasteiger partial charge in [-0.3, -0.25) is 0 Å². The molecule has 1 aromatic carbocycles. The Balaban J connectivity index is 2.15. The van der Waals surface area contributed by atoms with E-state index >= 15 is 0 Å². The van der Waals surface area contributed by atoms with Crippen LogP contribution in [0.25, 0.3) is 0 Å². The summed E-state index contributed by atoms with van der Waals surface area (Å²) in [5.74, 6) is -1.25. The first kappa shape index (κ1) is 17.9. The number of halogens is 6. The number of ether oxygens (including phenoxy) is 2. The van der Waals surface area contributed by atoms with Crippen molar-refractivity contribution in [1.82, 2.24) is 0 Å². The fourth-order valence-corrected chi connectivity index (χ4v) is 5.28. The standard InChI is InChI=1S/C6H4F6N2O2.C6H5.Sb/c7-5(8,9)1-15-3(13)4(14)16-2-6(10,11)12;1-2-4-6-5-3-1;/h1-2H2;1-5H;/q-2;;+2. The number of alkyl halides is 6. The van der Waals surface area contributed by atoms with Crippen molar-refractivity contribution < 1.29 is 35.8 Å². The topological polar surface area (TPSA) is 43.2 Å².